The summed E-state index contributed by atoms with van der Waals surface area (Å²) in [5, 5.41) is 17.4. The number of hydrogen-bond acceptors (Lipinski definition) is 9. The number of nitrogens with one attached hydrogen (secondary N) is 2. The molecule has 172 valence electrons. The van der Waals surface area contributed by atoms with Crippen LogP contribution in [0.4, 0.5) is 11.8 Å². The second-order valence-electron chi connectivity index (χ2n) is 8.16. The molecule has 0 spiro atoms. The highest BCUT2D eigenvalue weighted by molar-refractivity contribution is 7.21. The van der Waals surface area contributed by atoms with Crippen LogP contribution >= 0.6 is 11.3 Å². The minimum absolute atomic E-state index is 0.239. The predicted octanol–water partition coefficient (Wildman–Crippen LogP) is 4.04. The van der Waals surface area contributed by atoms with E-state index >= 15 is 0 Å². The summed E-state index contributed by atoms with van der Waals surface area (Å²) < 4.78 is 6.55. The highest BCUT2D eigenvalue weighted by Gasteiger charge is 2.27. The number of pyridine rings is 1. The van der Waals surface area contributed by atoms with E-state index in [2.05, 4.69) is 22.5 Å². The highest BCUT2D eigenvalue weighted by Crippen LogP contribution is 2.38. The minimum Gasteiger partial charge on any atom is -0.396 e. The predicted molar refractivity (Wildman–Crippen MR) is 129 cm³/mol. The van der Waals surface area contributed by atoms with Crippen molar-refractivity contribution in [2.45, 2.75) is 52.5 Å². The SMILES string of the molecule is CCOCCNc1nc(C)c(-c2nc3c(CC)nccc3s2)c(N[C@H]2CC[C@@H](CO)C2)n1. The Bertz CT molecular complexity index is 1060. The molecule has 4 rings (SSSR count). The van der Waals surface area contributed by atoms with Gasteiger partial charge in [0.1, 0.15) is 16.3 Å². The van der Waals surface area contributed by atoms with E-state index in [0.717, 1.165) is 63.7 Å². The van der Waals surface area contributed by atoms with Crippen molar-refractivity contribution in [3.63, 3.8) is 0 Å². The zero-order chi connectivity index (χ0) is 22.5. The number of ether oxygens (including phenoxy) is 1. The number of hydrogen-bond donors (Lipinski definition) is 3. The highest BCUT2D eigenvalue weighted by atomic mass is 32.1. The molecule has 1 aliphatic carbocycles. The number of anilines is 2. The van der Waals surface area contributed by atoms with Crippen LogP contribution in [0.5, 0.6) is 0 Å². The molecule has 0 aliphatic heterocycles. The molecule has 3 heterocycles. The molecule has 0 radical (unpaired) electrons. The Hall–Kier alpha value is -2.36. The summed E-state index contributed by atoms with van der Waals surface area (Å²) in [6, 6.07) is 2.30. The van der Waals surface area contributed by atoms with Crippen LogP contribution in [0.3, 0.4) is 0 Å². The molecule has 3 N–H and O–H groups in total. The number of fused-ring (bicyclic) bond motifs is 1. The van der Waals surface area contributed by atoms with Crippen LogP contribution < -0.4 is 10.6 Å². The van der Waals surface area contributed by atoms with Crippen molar-refractivity contribution < 1.29 is 9.84 Å². The van der Waals surface area contributed by atoms with Crippen molar-refractivity contribution in [2.75, 3.05) is 37.0 Å². The lowest BCUT2D eigenvalue weighted by atomic mass is 10.1. The Labute approximate surface area is 192 Å². The third-order valence-corrected chi connectivity index (χ3v) is 6.93. The van der Waals surface area contributed by atoms with Crippen LogP contribution in [0.25, 0.3) is 20.8 Å². The van der Waals surface area contributed by atoms with Gasteiger partial charge in [-0.1, -0.05) is 6.92 Å². The van der Waals surface area contributed by atoms with Gasteiger partial charge in [-0.2, -0.15) is 4.98 Å². The second kappa shape index (κ2) is 10.5. The van der Waals surface area contributed by atoms with Crippen molar-refractivity contribution in [1.29, 1.82) is 0 Å². The lowest BCUT2D eigenvalue weighted by Crippen LogP contribution is -2.20. The van der Waals surface area contributed by atoms with Gasteiger partial charge in [-0.3, -0.25) is 4.98 Å². The van der Waals surface area contributed by atoms with Gasteiger partial charge in [0, 0.05) is 32.0 Å². The molecule has 0 aromatic carbocycles. The average molecular weight is 457 g/mol. The maximum Gasteiger partial charge on any atom is 0.224 e. The molecule has 8 nitrogen and oxygen atoms in total. The Morgan fingerprint density at radius 3 is 2.84 bits per heavy atom. The third-order valence-electron chi connectivity index (χ3n) is 5.90. The van der Waals surface area contributed by atoms with Crippen LogP contribution in [0.1, 0.15) is 44.5 Å². The molecular weight excluding hydrogens is 424 g/mol. The molecule has 0 amide bonds. The number of aryl methyl sites for hydroxylation is 2. The number of aromatic nitrogens is 4. The lowest BCUT2D eigenvalue weighted by molar-refractivity contribution is 0.158. The molecule has 3 aromatic rings. The van der Waals surface area contributed by atoms with Crippen molar-refractivity contribution in [3.8, 4) is 10.6 Å². The topological polar surface area (TPSA) is 105 Å². The zero-order valence-electron chi connectivity index (χ0n) is 19.0. The van der Waals surface area contributed by atoms with Crippen LogP contribution in [-0.2, 0) is 11.2 Å². The van der Waals surface area contributed by atoms with E-state index in [4.69, 9.17) is 19.7 Å². The molecular formula is C23H32N6O2S. The van der Waals surface area contributed by atoms with E-state index in [9.17, 15) is 5.11 Å². The third kappa shape index (κ3) is 5.00. The Balaban J connectivity index is 1.69. The molecule has 0 saturated heterocycles. The van der Waals surface area contributed by atoms with Crippen LogP contribution in [-0.4, -0.2) is 57.4 Å². The van der Waals surface area contributed by atoms with Gasteiger partial charge in [0.05, 0.1) is 28.3 Å². The summed E-state index contributed by atoms with van der Waals surface area (Å²) in [5.41, 5.74) is 3.79. The summed E-state index contributed by atoms with van der Waals surface area (Å²) in [6.07, 6.45) is 5.68. The number of thiazole rings is 1. The molecule has 1 fully saturated rings. The maximum absolute atomic E-state index is 9.55. The first-order valence-corrected chi connectivity index (χ1v) is 12.3. The summed E-state index contributed by atoms with van der Waals surface area (Å²) in [6.45, 7) is 8.27. The van der Waals surface area contributed by atoms with Gasteiger partial charge in [-0.25, -0.2) is 9.97 Å². The van der Waals surface area contributed by atoms with Gasteiger partial charge in [-0.15, -0.1) is 11.3 Å². The van der Waals surface area contributed by atoms with Gasteiger partial charge in [0.2, 0.25) is 5.95 Å². The van der Waals surface area contributed by atoms with E-state index < -0.39 is 0 Å². The fourth-order valence-electron chi connectivity index (χ4n) is 4.23. The molecule has 32 heavy (non-hydrogen) atoms. The lowest BCUT2D eigenvalue weighted by Gasteiger charge is -2.18. The molecule has 9 heteroatoms. The molecule has 0 unspecified atom stereocenters. The summed E-state index contributed by atoms with van der Waals surface area (Å²) in [7, 11) is 0. The first-order valence-electron chi connectivity index (χ1n) is 11.4. The van der Waals surface area contributed by atoms with Gasteiger partial charge in [-0.05, 0) is 51.5 Å². The second-order valence-corrected chi connectivity index (χ2v) is 9.19. The van der Waals surface area contributed by atoms with E-state index in [0.29, 0.717) is 31.6 Å². The summed E-state index contributed by atoms with van der Waals surface area (Å²) in [5.74, 6) is 1.73. The van der Waals surface area contributed by atoms with Crippen LogP contribution in [0, 0.1) is 12.8 Å². The Kier molecular flexibility index (Phi) is 7.49. The number of aliphatic hydroxyl groups is 1. The Morgan fingerprint density at radius 1 is 1.22 bits per heavy atom. The van der Waals surface area contributed by atoms with Gasteiger partial charge in [0.25, 0.3) is 0 Å². The quantitative estimate of drug-likeness (QED) is 0.393. The fraction of sp³-hybridized carbons (Fsp3) is 0.565. The van der Waals surface area contributed by atoms with Crippen molar-refractivity contribution in [3.05, 3.63) is 23.7 Å². The Morgan fingerprint density at radius 2 is 2.09 bits per heavy atom. The van der Waals surface area contributed by atoms with Crippen molar-refractivity contribution in [2.24, 2.45) is 5.92 Å². The van der Waals surface area contributed by atoms with Crippen LogP contribution in [0.2, 0.25) is 0 Å². The summed E-state index contributed by atoms with van der Waals surface area (Å²) >= 11 is 1.65. The van der Waals surface area contributed by atoms with E-state index in [1.165, 1.54) is 0 Å². The maximum atomic E-state index is 9.55. The first-order chi connectivity index (χ1) is 15.6. The number of rotatable bonds is 10. The number of aliphatic hydroxyl groups excluding tert-OH is 1. The molecule has 1 saturated carbocycles. The molecule has 1 aliphatic rings. The van der Waals surface area contributed by atoms with E-state index in [-0.39, 0.29) is 12.6 Å². The van der Waals surface area contributed by atoms with E-state index in [1.54, 1.807) is 11.3 Å². The zero-order valence-corrected chi connectivity index (χ0v) is 19.8. The minimum atomic E-state index is 0.239. The van der Waals surface area contributed by atoms with E-state index in [1.807, 2.05) is 26.1 Å². The standard InChI is InChI=1S/C23H32N6O2S/c1-4-17-20-18(8-9-24-17)32-22(28-20)19-14(3)26-23(25-10-11-31-5-2)29-21(19)27-16-7-6-15(12-16)13-30/h8-9,15-16,30H,4-7,10-13H2,1-3H3,(H2,25,26,27,29)/t15-,16+/m1/s1. The van der Waals surface area contributed by atoms with Crippen LogP contribution in [0.15, 0.2) is 12.3 Å². The van der Waals surface area contributed by atoms with Crippen molar-refractivity contribution >= 4 is 33.3 Å². The molecule has 3 aromatic heterocycles. The molecule has 0 bridgehead atoms. The normalized spacial score (nSPS) is 18.4. The van der Waals surface area contributed by atoms with Gasteiger partial charge in [0.15, 0.2) is 0 Å². The fourth-order valence-corrected chi connectivity index (χ4v) is 5.31. The number of nitrogens with zero attached hydrogens (tertiary/aromatic N) is 4. The van der Waals surface area contributed by atoms with Gasteiger partial charge >= 0.3 is 0 Å². The smallest absolute Gasteiger partial charge is 0.224 e. The average Bonchev–Trinajstić information content (AvgIpc) is 3.43. The molecule has 2 atom stereocenters. The largest absolute Gasteiger partial charge is 0.396 e. The first kappa shape index (κ1) is 22.8. The summed E-state index contributed by atoms with van der Waals surface area (Å²) in [4.78, 5) is 19.0. The van der Waals surface area contributed by atoms with Crippen molar-refractivity contribution in [1.82, 2.24) is 19.9 Å². The van der Waals surface area contributed by atoms with Gasteiger partial charge < -0.3 is 20.5 Å². The monoisotopic (exact) mass is 456 g/mol.